The van der Waals surface area contributed by atoms with Crippen molar-refractivity contribution in [2.45, 2.75) is 13.1 Å². The molecule has 0 bridgehead atoms. The van der Waals surface area contributed by atoms with E-state index in [0.29, 0.717) is 0 Å². The minimum absolute atomic E-state index is 0.913. The molecule has 0 fully saturated rings. The van der Waals surface area contributed by atoms with Crippen molar-refractivity contribution in [1.29, 1.82) is 0 Å². The van der Waals surface area contributed by atoms with Crippen molar-refractivity contribution in [1.82, 2.24) is 15.1 Å². The van der Waals surface area contributed by atoms with E-state index in [1.54, 1.807) is 0 Å². The number of benzene rings is 1. The highest BCUT2D eigenvalue weighted by Gasteiger charge is 1.94. The third kappa shape index (κ3) is 3.61. The molecular weight excluding hydrogens is 313 g/mol. The van der Waals surface area contributed by atoms with E-state index in [-0.39, 0.29) is 0 Å². The number of halogens is 1. The molecule has 4 heteroatoms. The lowest BCUT2D eigenvalue weighted by Gasteiger charge is -2.04. The predicted molar refractivity (Wildman–Crippen MR) is 73.1 cm³/mol. The second-order valence-electron chi connectivity index (χ2n) is 3.58. The van der Waals surface area contributed by atoms with Crippen LogP contribution in [-0.2, 0) is 13.1 Å². The minimum Gasteiger partial charge on any atom is -0.311 e. The van der Waals surface area contributed by atoms with Gasteiger partial charge in [-0.15, -0.1) is 0 Å². The van der Waals surface area contributed by atoms with Crippen LogP contribution >= 0.6 is 22.6 Å². The van der Waals surface area contributed by atoms with Crippen molar-refractivity contribution < 1.29 is 0 Å². The van der Waals surface area contributed by atoms with Crippen molar-refractivity contribution in [2.24, 2.45) is 0 Å². The van der Waals surface area contributed by atoms with Crippen LogP contribution in [0.2, 0.25) is 0 Å². The van der Waals surface area contributed by atoms with E-state index < -0.39 is 0 Å². The molecule has 0 atom stereocenters. The molecule has 0 saturated heterocycles. The van der Waals surface area contributed by atoms with Gasteiger partial charge in [-0.25, -0.2) is 0 Å². The highest BCUT2D eigenvalue weighted by atomic mass is 127. The molecule has 0 spiro atoms. The van der Waals surface area contributed by atoms with Crippen LogP contribution in [0.25, 0.3) is 0 Å². The van der Waals surface area contributed by atoms with E-state index in [1.807, 2.05) is 23.1 Å². The summed E-state index contributed by atoms with van der Waals surface area (Å²) in [7, 11) is 0. The minimum atomic E-state index is 0.913. The van der Waals surface area contributed by atoms with Crippen LogP contribution < -0.4 is 5.32 Å². The first-order valence-corrected chi connectivity index (χ1v) is 6.35. The number of aromatic nitrogens is 2. The number of rotatable bonds is 5. The Morgan fingerprint density at radius 3 is 2.75 bits per heavy atom. The summed E-state index contributed by atoms with van der Waals surface area (Å²) in [5.41, 5.74) is 1.32. The SMILES string of the molecule is Ic1cnn(CCNCc2ccccc2)c1. The molecule has 1 aromatic heterocycles. The average Bonchev–Trinajstić information content (AvgIpc) is 2.72. The van der Waals surface area contributed by atoms with Gasteiger partial charge in [-0.05, 0) is 28.2 Å². The van der Waals surface area contributed by atoms with Crippen LogP contribution in [0, 0.1) is 3.57 Å². The van der Waals surface area contributed by atoms with Crippen LogP contribution in [0.4, 0.5) is 0 Å². The summed E-state index contributed by atoms with van der Waals surface area (Å²) in [5.74, 6) is 0. The van der Waals surface area contributed by atoms with Crippen LogP contribution in [0.5, 0.6) is 0 Å². The fourth-order valence-corrected chi connectivity index (χ4v) is 1.93. The third-order valence-electron chi connectivity index (χ3n) is 2.29. The predicted octanol–water partition coefficient (Wildman–Crippen LogP) is 2.28. The molecule has 0 unspecified atom stereocenters. The Morgan fingerprint density at radius 2 is 2.06 bits per heavy atom. The van der Waals surface area contributed by atoms with Gasteiger partial charge in [0.2, 0.25) is 0 Å². The third-order valence-corrected chi connectivity index (χ3v) is 2.85. The molecule has 1 heterocycles. The molecule has 2 aromatic rings. The maximum atomic E-state index is 4.23. The molecule has 0 aliphatic carbocycles. The lowest BCUT2D eigenvalue weighted by molar-refractivity contribution is 0.554. The summed E-state index contributed by atoms with van der Waals surface area (Å²) in [5, 5.41) is 7.63. The quantitative estimate of drug-likeness (QED) is 0.674. The second kappa shape index (κ2) is 6.00. The first kappa shape index (κ1) is 11.6. The van der Waals surface area contributed by atoms with Crippen LogP contribution in [0.15, 0.2) is 42.7 Å². The molecule has 0 amide bonds. The lowest BCUT2D eigenvalue weighted by atomic mass is 10.2. The average molecular weight is 327 g/mol. The number of hydrogen-bond acceptors (Lipinski definition) is 2. The largest absolute Gasteiger partial charge is 0.311 e. The molecular formula is C12H14IN3. The van der Waals surface area contributed by atoms with Crippen molar-refractivity contribution in [3.05, 3.63) is 51.9 Å². The van der Waals surface area contributed by atoms with Gasteiger partial charge in [-0.2, -0.15) is 5.10 Å². The molecule has 84 valence electrons. The zero-order chi connectivity index (χ0) is 11.2. The molecule has 0 saturated carbocycles. The fraction of sp³-hybridized carbons (Fsp3) is 0.250. The van der Waals surface area contributed by atoms with E-state index >= 15 is 0 Å². The number of hydrogen-bond donors (Lipinski definition) is 1. The second-order valence-corrected chi connectivity index (χ2v) is 4.83. The Bertz CT molecular complexity index is 425. The molecule has 16 heavy (non-hydrogen) atoms. The topological polar surface area (TPSA) is 29.9 Å². The van der Waals surface area contributed by atoms with Gasteiger partial charge in [-0.3, -0.25) is 4.68 Å². The van der Waals surface area contributed by atoms with E-state index in [0.717, 1.165) is 19.6 Å². The van der Waals surface area contributed by atoms with Gasteiger partial charge in [0.25, 0.3) is 0 Å². The highest BCUT2D eigenvalue weighted by Crippen LogP contribution is 2.00. The summed E-state index contributed by atoms with van der Waals surface area (Å²) >= 11 is 2.27. The normalized spacial score (nSPS) is 10.6. The Labute approximate surface area is 109 Å². The molecule has 0 radical (unpaired) electrons. The van der Waals surface area contributed by atoms with Gasteiger partial charge in [-0.1, -0.05) is 30.3 Å². The number of nitrogens with one attached hydrogen (secondary N) is 1. The van der Waals surface area contributed by atoms with Gasteiger partial charge < -0.3 is 5.32 Å². The zero-order valence-electron chi connectivity index (χ0n) is 8.94. The Hall–Kier alpha value is -0.880. The zero-order valence-corrected chi connectivity index (χ0v) is 11.1. The smallest absolute Gasteiger partial charge is 0.0623 e. The van der Waals surface area contributed by atoms with Gasteiger partial charge >= 0.3 is 0 Å². The van der Waals surface area contributed by atoms with E-state index in [1.165, 1.54) is 9.13 Å². The summed E-state index contributed by atoms with van der Waals surface area (Å²) in [6.07, 6.45) is 3.92. The Balaban J connectivity index is 1.69. The fourth-order valence-electron chi connectivity index (χ4n) is 1.48. The van der Waals surface area contributed by atoms with Crippen molar-refractivity contribution in [3.63, 3.8) is 0 Å². The summed E-state index contributed by atoms with van der Waals surface area (Å²) in [6.45, 7) is 2.77. The summed E-state index contributed by atoms with van der Waals surface area (Å²) in [6, 6.07) is 10.4. The van der Waals surface area contributed by atoms with Crippen LogP contribution in [0.1, 0.15) is 5.56 Å². The van der Waals surface area contributed by atoms with E-state index in [4.69, 9.17) is 0 Å². The van der Waals surface area contributed by atoms with Gasteiger partial charge in [0.15, 0.2) is 0 Å². The first-order valence-electron chi connectivity index (χ1n) is 5.27. The number of nitrogens with zero attached hydrogens (tertiary/aromatic N) is 2. The Kier molecular flexibility index (Phi) is 4.35. The summed E-state index contributed by atoms with van der Waals surface area (Å²) < 4.78 is 3.14. The molecule has 1 N–H and O–H groups in total. The van der Waals surface area contributed by atoms with E-state index in [2.05, 4.69) is 57.3 Å². The van der Waals surface area contributed by atoms with Gasteiger partial charge in [0.05, 0.1) is 16.3 Å². The molecule has 0 aliphatic heterocycles. The standard InChI is InChI=1S/C12H14IN3/c13-12-9-15-16(10-12)7-6-14-8-11-4-2-1-3-5-11/h1-5,9-10,14H,6-8H2. The maximum Gasteiger partial charge on any atom is 0.0623 e. The lowest BCUT2D eigenvalue weighted by Crippen LogP contribution is -2.19. The van der Waals surface area contributed by atoms with Crippen LogP contribution in [-0.4, -0.2) is 16.3 Å². The monoisotopic (exact) mass is 327 g/mol. The molecule has 3 nitrogen and oxygen atoms in total. The van der Waals surface area contributed by atoms with Crippen molar-refractivity contribution in [3.8, 4) is 0 Å². The van der Waals surface area contributed by atoms with Gasteiger partial charge in [0.1, 0.15) is 0 Å². The molecule has 1 aromatic carbocycles. The highest BCUT2D eigenvalue weighted by molar-refractivity contribution is 14.1. The Morgan fingerprint density at radius 1 is 1.25 bits per heavy atom. The summed E-state index contributed by atoms with van der Waals surface area (Å²) in [4.78, 5) is 0. The molecule has 2 rings (SSSR count). The van der Waals surface area contributed by atoms with Crippen molar-refractivity contribution >= 4 is 22.6 Å². The first-order chi connectivity index (χ1) is 7.84. The van der Waals surface area contributed by atoms with E-state index in [9.17, 15) is 0 Å². The van der Waals surface area contributed by atoms with Crippen LogP contribution in [0.3, 0.4) is 0 Å². The molecule has 0 aliphatic rings. The van der Waals surface area contributed by atoms with Crippen molar-refractivity contribution in [2.75, 3.05) is 6.54 Å². The maximum absolute atomic E-state index is 4.23. The van der Waals surface area contributed by atoms with Gasteiger partial charge in [0, 0.05) is 19.3 Å².